The van der Waals surface area contributed by atoms with E-state index in [1.54, 1.807) is 11.1 Å². The van der Waals surface area contributed by atoms with E-state index in [0.717, 1.165) is 28.1 Å². The van der Waals surface area contributed by atoms with Crippen LogP contribution < -0.4 is 5.32 Å². The minimum Gasteiger partial charge on any atom is -0.352 e. The van der Waals surface area contributed by atoms with Crippen molar-refractivity contribution < 1.29 is 9.59 Å². The van der Waals surface area contributed by atoms with Crippen molar-refractivity contribution in [3.05, 3.63) is 94.4 Å². The molecule has 6 nitrogen and oxygen atoms in total. The van der Waals surface area contributed by atoms with Crippen LogP contribution in [0.5, 0.6) is 0 Å². The summed E-state index contributed by atoms with van der Waals surface area (Å²) in [4.78, 5) is 26.7. The summed E-state index contributed by atoms with van der Waals surface area (Å²) in [5, 5.41) is 7.71. The summed E-state index contributed by atoms with van der Waals surface area (Å²) in [6, 6.07) is 17.8. The van der Waals surface area contributed by atoms with Gasteiger partial charge in [0.05, 0.1) is 24.7 Å². The fourth-order valence-corrected chi connectivity index (χ4v) is 4.25. The number of benzene rings is 2. The zero-order valence-corrected chi connectivity index (χ0v) is 18.7. The van der Waals surface area contributed by atoms with E-state index in [1.807, 2.05) is 67.1 Å². The van der Waals surface area contributed by atoms with Gasteiger partial charge in [-0.05, 0) is 36.6 Å². The molecule has 1 atom stereocenters. The Hall–Kier alpha value is -3.67. The van der Waals surface area contributed by atoms with E-state index in [-0.39, 0.29) is 24.3 Å². The van der Waals surface area contributed by atoms with E-state index in [0.29, 0.717) is 13.1 Å². The second-order valence-corrected chi connectivity index (χ2v) is 8.16. The number of nitrogens with zero attached hydrogens (tertiary/aromatic N) is 3. The Kier molecular flexibility index (Phi) is 6.21. The lowest BCUT2D eigenvalue weighted by molar-refractivity contribution is -0.130. The highest BCUT2D eigenvalue weighted by molar-refractivity contribution is 5.81. The van der Waals surface area contributed by atoms with Crippen molar-refractivity contribution in [2.75, 3.05) is 0 Å². The van der Waals surface area contributed by atoms with E-state index in [2.05, 4.69) is 22.5 Å². The molecule has 2 heterocycles. The Labute approximate surface area is 188 Å². The summed E-state index contributed by atoms with van der Waals surface area (Å²) in [5.41, 5.74) is 6.20. The van der Waals surface area contributed by atoms with Crippen molar-refractivity contribution in [2.45, 2.75) is 46.3 Å². The number of aromatic nitrogens is 2. The van der Waals surface area contributed by atoms with Crippen LogP contribution in [0.25, 0.3) is 6.08 Å². The Morgan fingerprint density at radius 3 is 2.50 bits per heavy atom. The number of aryl methyl sites for hydroxylation is 1. The van der Waals surface area contributed by atoms with Gasteiger partial charge in [-0.25, -0.2) is 0 Å². The second kappa shape index (κ2) is 9.22. The summed E-state index contributed by atoms with van der Waals surface area (Å²) < 4.78 is 1.98. The number of nitrogens with one attached hydrogen (secondary N) is 1. The minimum absolute atomic E-state index is 0.0811. The Morgan fingerprint density at radius 2 is 1.75 bits per heavy atom. The van der Waals surface area contributed by atoms with Crippen LogP contribution in [0.1, 0.15) is 53.0 Å². The predicted molar refractivity (Wildman–Crippen MR) is 124 cm³/mol. The standard InChI is InChI=1S/C26H28N4O2/c1-18-24(19(2)30(28-18)17-21-9-5-4-6-10-21)16-27-26(32)15-25-23-12-8-7-11-22(23)13-14-29(25)20(3)31/h4-14,25H,15-17H2,1-3H3,(H,27,32)/t25-/m1/s1. The van der Waals surface area contributed by atoms with E-state index in [9.17, 15) is 9.59 Å². The van der Waals surface area contributed by atoms with Crippen molar-refractivity contribution >= 4 is 17.9 Å². The number of hydrogen-bond donors (Lipinski definition) is 1. The predicted octanol–water partition coefficient (Wildman–Crippen LogP) is 4.13. The molecule has 0 radical (unpaired) electrons. The van der Waals surface area contributed by atoms with Gasteiger partial charge in [-0.2, -0.15) is 5.10 Å². The van der Waals surface area contributed by atoms with Crippen molar-refractivity contribution in [3.8, 4) is 0 Å². The lowest BCUT2D eigenvalue weighted by atomic mass is 9.93. The molecule has 6 heteroatoms. The molecule has 3 aromatic rings. The van der Waals surface area contributed by atoms with Gasteiger partial charge in [0.1, 0.15) is 0 Å². The van der Waals surface area contributed by atoms with Crippen molar-refractivity contribution in [2.24, 2.45) is 0 Å². The number of rotatable bonds is 6. The fraction of sp³-hybridized carbons (Fsp3) is 0.269. The molecular weight excluding hydrogens is 400 g/mol. The average Bonchev–Trinajstić information content (AvgIpc) is 3.05. The molecule has 2 aromatic carbocycles. The molecule has 0 saturated heterocycles. The maximum absolute atomic E-state index is 12.9. The molecule has 0 bridgehead atoms. The monoisotopic (exact) mass is 428 g/mol. The van der Waals surface area contributed by atoms with Crippen LogP contribution in [0.15, 0.2) is 60.8 Å². The molecule has 0 fully saturated rings. The maximum Gasteiger partial charge on any atom is 0.223 e. The van der Waals surface area contributed by atoms with Gasteiger partial charge in [-0.1, -0.05) is 54.6 Å². The van der Waals surface area contributed by atoms with Crippen LogP contribution in [0.4, 0.5) is 0 Å². The Morgan fingerprint density at radius 1 is 1.03 bits per heavy atom. The van der Waals surface area contributed by atoms with Crippen LogP contribution in [-0.2, 0) is 22.7 Å². The van der Waals surface area contributed by atoms with Gasteiger partial charge >= 0.3 is 0 Å². The lowest BCUT2D eigenvalue weighted by Gasteiger charge is -2.32. The second-order valence-electron chi connectivity index (χ2n) is 8.16. The number of carbonyl (C=O) groups excluding carboxylic acids is 2. The van der Waals surface area contributed by atoms with Crippen LogP contribution in [-0.4, -0.2) is 26.5 Å². The molecule has 164 valence electrons. The zero-order chi connectivity index (χ0) is 22.7. The molecule has 1 aliphatic heterocycles. The third-order valence-corrected chi connectivity index (χ3v) is 6.02. The first kappa shape index (κ1) is 21.6. The lowest BCUT2D eigenvalue weighted by Crippen LogP contribution is -2.35. The van der Waals surface area contributed by atoms with Gasteiger partial charge in [0.15, 0.2) is 0 Å². The zero-order valence-electron chi connectivity index (χ0n) is 18.7. The van der Waals surface area contributed by atoms with Gasteiger partial charge in [0.25, 0.3) is 0 Å². The van der Waals surface area contributed by atoms with Gasteiger partial charge in [0.2, 0.25) is 11.8 Å². The quantitative estimate of drug-likeness (QED) is 0.642. The molecule has 4 rings (SSSR count). The molecule has 32 heavy (non-hydrogen) atoms. The number of fused-ring (bicyclic) bond motifs is 1. The summed E-state index contributed by atoms with van der Waals surface area (Å²) >= 11 is 0. The molecule has 2 amide bonds. The summed E-state index contributed by atoms with van der Waals surface area (Å²) in [7, 11) is 0. The molecule has 1 aliphatic rings. The van der Waals surface area contributed by atoms with E-state index in [1.165, 1.54) is 12.5 Å². The molecule has 0 aliphatic carbocycles. The molecule has 0 unspecified atom stereocenters. The summed E-state index contributed by atoms with van der Waals surface area (Å²) in [5.74, 6) is -0.177. The van der Waals surface area contributed by atoms with Gasteiger partial charge < -0.3 is 10.2 Å². The van der Waals surface area contributed by atoms with E-state index < -0.39 is 0 Å². The highest BCUT2D eigenvalue weighted by atomic mass is 16.2. The third-order valence-electron chi connectivity index (χ3n) is 6.02. The largest absolute Gasteiger partial charge is 0.352 e. The number of amides is 2. The van der Waals surface area contributed by atoms with Crippen molar-refractivity contribution in [1.29, 1.82) is 0 Å². The minimum atomic E-state index is -0.309. The molecule has 0 spiro atoms. The highest BCUT2D eigenvalue weighted by Crippen LogP contribution is 2.32. The Balaban J connectivity index is 1.45. The molecule has 1 N–H and O–H groups in total. The van der Waals surface area contributed by atoms with Crippen LogP contribution >= 0.6 is 0 Å². The fourth-order valence-electron chi connectivity index (χ4n) is 4.25. The summed E-state index contributed by atoms with van der Waals surface area (Å²) in [6.45, 7) is 6.63. The summed E-state index contributed by atoms with van der Waals surface area (Å²) in [6.07, 6.45) is 3.89. The molecular formula is C26H28N4O2. The van der Waals surface area contributed by atoms with Crippen LogP contribution in [0.2, 0.25) is 0 Å². The first-order valence-electron chi connectivity index (χ1n) is 10.8. The van der Waals surface area contributed by atoms with Gasteiger partial charge in [-0.15, -0.1) is 0 Å². The first-order chi connectivity index (χ1) is 15.4. The number of hydrogen-bond acceptors (Lipinski definition) is 3. The van der Waals surface area contributed by atoms with Crippen molar-refractivity contribution in [1.82, 2.24) is 20.0 Å². The van der Waals surface area contributed by atoms with Gasteiger partial charge in [-0.3, -0.25) is 14.3 Å². The normalized spacial score (nSPS) is 14.8. The number of carbonyl (C=O) groups is 2. The van der Waals surface area contributed by atoms with E-state index >= 15 is 0 Å². The highest BCUT2D eigenvalue weighted by Gasteiger charge is 2.28. The topological polar surface area (TPSA) is 67.2 Å². The van der Waals surface area contributed by atoms with Crippen LogP contribution in [0, 0.1) is 13.8 Å². The van der Waals surface area contributed by atoms with Crippen LogP contribution in [0.3, 0.4) is 0 Å². The first-order valence-corrected chi connectivity index (χ1v) is 10.8. The van der Waals surface area contributed by atoms with Gasteiger partial charge in [0, 0.05) is 30.9 Å². The molecule has 0 saturated carbocycles. The third kappa shape index (κ3) is 4.49. The maximum atomic E-state index is 12.9. The van der Waals surface area contributed by atoms with Crippen molar-refractivity contribution in [3.63, 3.8) is 0 Å². The average molecular weight is 429 g/mol. The van der Waals surface area contributed by atoms with E-state index in [4.69, 9.17) is 0 Å². The SMILES string of the molecule is CC(=O)N1C=Cc2ccccc2[C@H]1CC(=O)NCc1c(C)nn(Cc2ccccc2)c1C. The smallest absolute Gasteiger partial charge is 0.223 e. The molecule has 1 aromatic heterocycles. The Bertz CT molecular complexity index is 1160.